The molecule has 0 fully saturated rings. The molecule has 0 aliphatic heterocycles. The highest BCUT2D eigenvalue weighted by Gasteiger charge is 2.14. The van der Waals surface area contributed by atoms with Gasteiger partial charge in [0.1, 0.15) is 0 Å². The second-order valence-electron chi connectivity index (χ2n) is 7.39. The van der Waals surface area contributed by atoms with Crippen molar-refractivity contribution in [2.75, 3.05) is 0 Å². The molecule has 0 aliphatic carbocycles. The number of nitrogens with zero attached hydrogens (tertiary/aromatic N) is 2. The Morgan fingerprint density at radius 2 is 1.78 bits per heavy atom. The standard InChI is InChI=1S/C15H29N3/c1-12-13(10-16-15(5,6)7)11-17-18(12)9-8-14(2,3)4/h11,16H,8-10H2,1-7H3. The Labute approximate surface area is 112 Å². The van der Waals surface area contributed by atoms with E-state index in [1.54, 1.807) is 0 Å². The topological polar surface area (TPSA) is 29.9 Å². The van der Waals surface area contributed by atoms with Gasteiger partial charge in [-0.05, 0) is 39.5 Å². The molecule has 0 amide bonds. The molecule has 3 heteroatoms. The summed E-state index contributed by atoms with van der Waals surface area (Å²) in [5.74, 6) is 0. The molecule has 3 nitrogen and oxygen atoms in total. The zero-order valence-electron chi connectivity index (χ0n) is 13.1. The van der Waals surface area contributed by atoms with Crippen LogP contribution < -0.4 is 5.32 Å². The summed E-state index contributed by atoms with van der Waals surface area (Å²) < 4.78 is 2.13. The molecule has 18 heavy (non-hydrogen) atoms. The molecule has 104 valence electrons. The van der Waals surface area contributed by atoms with E-state index >= 15 is 0 Å². The molecule has 0 bridgehead atoms. The summed E-state index contributed by atoms with van der Waals surface area (Å²) in [4.78, 5) is 0. The predicted molar refractivity (Wildman–Crippen MR) is 77.6 cm³/mol. The highest BCUT2D eigenvalue weighted by atomic mass is 15.3. The Hall–Kier alpha value is -0.830. The van der Waals surface area contributed by atoms with Gasteiger partial charge in [0.2, 0.25) is 0 Å². The maximum absolute atomic E-state index is 4.50. The monoisotopic (exact) mass is 251 g/mol. The summed E-state index contributed by atoms with van der Waals surface area (Å²) in [6.45, 7) is 17.4. The number of nitrogens with one attached hydrogen (secondary N) is 1. The zero-order chi connectivity index (χ0) is 14.0. The van der Waals surface area contributed by atoms with Crippen LogP contribution in [0.25, 0.3) is 0 Å². The molecular formula is C15H29N3. The van der Waals surface area contributed by atoms with Gasteiger partial charge in [0, 0.05) is 29.9 Å². The Kier molecular flexibility index (Phi) is 4.60. The van der Waals surface area contributed by atoms with Crippen molar-refractivity contribution in [2.45, 2.75) is 73.5 Å². The van der Waals surface area contributed by atoms with Crippen molar-refractivity contribution in [1.82, 2.24) is 15.1 Å². The summed E-state index contributed by atoms with van der Waals surface area (Å²) >= 11 is 0. The van der Waals surface area contributed by atoms with Crippen LogP contribution in [0.4, 0.5) is 0 Å². The van der Waals surface area contributed by atoms with Crippen molar-refractivity contribution in [3.05, 3.63) is 17.5 Å². The average Bonchev–Trinajstić information content (AvgIpc) is 2.51. The van der Waals surface area contributed by atoms with Gasteiger partial charge in [-0.3, -0.25) is 4.68 Å². The Bertz CT molecular complexity index is 342. The highest BCUT2D eigenvalue weighted by Crippen LogP contribution is 2.20. The lowest BCUT2D eigenvalue weighted by Crippen LogP contribution is -2.35. The lowest BCUT2D eigenvalue weighted by Gasteiger charge is -2.20. The summed E-state index contributed by atoms with van der Waals surface area (Å²) in [5, 5.41) is 8.01. The molecule has 0 aromatic carbocycles. The molecule has 1 aromatic rings. The molecular weight excluding hydrogens is 222 g/mol. The van der Waals surface area contributed by atoms with E-state index < -0.39 is 0 Å². The minimum Gasteiger partial charge on any atom is -0.308 e. The van der Waals surface area contributed by atoms with Gasteiger partial charge >= 0.3 is 0 Å². The number of aromatic nitrogens is 2. The Morgan fingerprint density at radius 1 is 1.17 bits per heavy atom. The molecule has 0 atom stereocenters. The van der Waals surface area contributed by atoms with Crippen molar-refractivity contribution in [2.24, 2.45) is 5.41 Å². The number of hydrogen-bond donors (Lipinski definition) is 1. The van der Waals surface area contributed by atoms with Crippen LogP contribution in [0.1, 0.15) is 59.2 Å². The van der Waals surface area contributed by atoms with E-state index in [0.29, 0.717) is 5.41 Å². The quantitative estimate of drug-likeness (QED) is 0.887. The van der Waals surface area contributed by atoms with E-state index in [-0.39, 0.29) is 5.54 Å². The smallest absolute Gasteiger partial charge is 0.0537 e. The zero-order valence-corrected chi connectivity index (χ0v) is 13.1. The van der Waals surface area contributed by atoms with Crippen LogP contribution in [-0.2, 0) is 13.1 Å². The lowest BCUT2D eigenvalue weighted by atomic mass is 9.92. The predicted octanol–water partition coefficient (Wildman–Crippen LogP) is 3.52. The van der Waals surface area contributed by atoms with Gasteiger partial charge in [-0.2, -0.15) is 5.10 Å². The summed E-state index contributed by atoms with van der Waals surface area (Å²) in [6, 6.07) is 0. The fourth-order valence-corrected chi connectivity index (χ4v) is 1.69. The fraction of sp³-hybridized carbons (Fsp3) is 0.800. The van der Waals surface area contributed by atoms with E-state index in [2.05, 4.69) is 63.6 Å². The number of hydrogen-bond acceptors (Lipinski definition) is 2. The van der Waals surface area contributed by atoms with Crippen molar-refractivity contribution in [3.63, 3.8) is 0 Å². The van der Waals surface area contributed by atoms with Gasteiger partial charge in [0.15, 0.2) is 0 Å². The first-order valence-corrected chi connectivity index (χ1v) is 6.85. The van der Waals surface area contributed by atoms with Crippen molar-refractivity contribution in [1.29, 1.82) is 0 Å². The van der Waals surface area contributed by atoms with Crippen LogP contribution in [0.5, 0.6) is 0 Å². The van der Waals surface area contributed by atoms with Crippen LogP contribution in [0, 0.1) is 12.3 Å². The summed E-state index contributed by atoms with van der Waals surface area (Å²) in [5.41, 5.74) is 3.11. The molecule has 1 aromatic heterocycles. The van der Waals surface area contributed by atoms with Crippen LogP contribution in [0.3, 0.4) is 0 Å². The van der Waals surface area contributed by atoms with Gasteiger partial charge < -0.3 is 5.32 Å². The molecule has 0 radical (unpaired) electrons. The maximum Gasteiger partial charge on any atom is 0.0537 e. The first kappa shape index (κ1) is 15.2. The molecule has 1 N–H and O–H groups in total. The largest absolute Gasteiger partial charge is 0.308 e. The van der Waals surface area contributed by atoms with Crippen LogP contribution in [0.15, 0.2) is 6.20 Å². The second-order valence-corrected chi connectivity index (χ2v) is 7.39. The van der Waals surface area contributed by atoms with Crippen LogP contribution in [0.2, 0.25) is 0 Å². The van der Waals surface area contributed by atoms with Crippen molar-refractivity contribution < 1.29 is 0 Å². The number of aryl methyl sites for hydroxylation is 1. The van der Waals surface area contributed by atoms with Gasteiger partial charge in [-0.1, -0.05) is 20.8 Å². The van der Waals surface area contributed by atoms with E-state index in [1.807, 2.05) is 6.20 Å². The Morgan fingerprint density at radius 3 is 2.28 bits per heavy atom. The molecule has 0 unspecified atom stereocenters. The summed E-state index contributed by atoms with van der Waals surface area (Å²) in [6.07, 6.45) is 3.15. The van der Waals surface area contributed by atoms with Gasteiger partial charge in [0.05, 0.1) is 6.20 Å². The SMILES string of the molecule is Cc1c(CNC(C)(C)C)cnn1CCC(C)(C)C. The second kappa shape index (κ2) is 5.43. The van der Waals surface area contributed by atoms with Gasteiger partial charge in [-0.25, -0.2) is 0 Å². The van der Waals surface area contributed by atoms with Gasteiger partial charge in [-0.15, -0.1) is 0 Å². The maximum atomic E-state index is 4.50. The average molecular weight is 251 g/mol. The van der Waals surface area contributed by atoms with E-state index in [1.165, 1.54) is 11.3 Å². The minimum absolute atomic E-state index is 0.153. The summed E-state index contributed by atoms with van der Waals surface area (Å²) in [7, 11) is 0. The van der Waals surface area contributed by atoms with Crippen LogP contribution in [-0.4, -0.2) is 15.3 Å². The molecule has 1 rings (SSSR count). The fourth-order valence-electron chi connectivity index (χ4n) is 1.69. The minimum atomic E-state index is 0.153. The third-order valence-electron chi connectivity index (χ3n) is 3.09. The van der Waals surface area contributed by atoms with E-state index in [0.717, 1.165) is 19.5 Å². The van der Waals surface area contributed by atoms with E-state index in [9.17, 15) is 0 Å². The van der Waals surface area contributed by atoms with Gasteiger partial charge in [0.25, 0.3) is 0 Å². The highest BCUT2D eigenvalue weighted by molar-refractivity contribution is 5.16. The molecule has 0 saturated heterocycles. The third-order valence-corrected chi connectivity index (χ3v) is 3.09. The number of rotatable bonds is 4. The normalized spacial score (nSPS) is 13.1. The Balaban J connectivity index is 2.61. The van der Waals surface area contributed by atoms with E-state index in [4.69, 9.17) is 0 Å². The third kappa shape index (κ3) is 5.21. The first-order chi connectivity index (χ1) is 8.08. The molecule has 0 aliphatic rings. The molecule has 1 heterocycles. The molecule has 0 spiro atoms. The lowest BCUT2D eigenvalue weighted by molar-refractivity contribution is 0.339. The van der Waals surface area contributed by atoms with Crippen LogP contribution >= 0.6 is 0 Å². The molecule has 0 saturated carbocycles. The van der Waals surface area contributed by atoms with Crippen molar-refractivity contribution >= 4 is 0 Å². The first-order valence-electron chi connectivity index (χ1n) is 6.85. The van der Waals surface area contributed by atoms with Crippen molar-refractivity contribution in [3.8, 4) is 0 Å².